The molecule has 1 aromatic rings. The van der Waals surface area contributed by atoms with Crippen molar-refractivity contribution in [3.63, 3.8) is 0 Å². The van der Waals surface area contributed by atoms with Crippen molar-refractivity contribution in [2.75, 3.05) is 19.6 Å². The molecule has 106 valence electrons. The van der Waals surface area contributed by atoms with Crippen molar-refractivity contribution >= 4 is 15.9 Å². The van der Waals surface area contributed by atoms with Gasteiger partial charge in [-0.3, -0.25) is 4.90 Å². The number of benzene rings is 1. The average Bonchev–Trinajstić information content (AvgIpc) is 2.91. The molecule has 3 heteroatoms. The van der Waals surface area contributed by atoms with Crippen LogP contribution in [0.1, 0.15) is 44.7 Å². The molecule has 0 bridgehead atoms. The predicted octanol–water partition coefficient (Wildman–Crippen LogP) is 3.97. The minimum absolute atomic E-state index is 0.496. The maximum Gasteiger partial charge on any atom is 0.0320 e. The van der Waals surface area contributed by atoms with Crippen molar-refractivity contribution in [3.05, 3.63) is 34.3 Å². The van der Waals surface area contributed by atoms with E-state index in [4.69, 9.17) is 0 Å². The molecule has 2 nitrogen and oxygen atoms in total. The highest BCUT2D eigenvalue weighted by Gasteiger charge is 2.21. The number of nitrogens with one attached hydrogen (secondary N) is 1. The predicted molar refractivity (Wildman–Crippen MR) is 85.4 cm³/mol. The fourth-order valence-electron chi connectivity index (χ4n) is 2.88. The quantitative estimate of drug-likeness (QED) is 0.851. The summed E-state index contributed by atoms with van der Waals surface area (Å²) in [6.45, 7) is 8.13. The fourth-order valence-corrected chi connectivity index (χ4v) is 3.14. The van der Waals surface area contributed by atoms with Crippen LogP contribution < -0.4 is 5.32 Å². The van der Waals surface area contributed by atoms with Crippen molar-refractivity contribution in [2.45, 2.75) is 45.2 Å². The van der Waals surface area contributed by atoms with Gasteiger partial charge in [0.1, 0.15) is 0 Å². The first-order valence-electron chi connectivity index (χ1n) is 7.43. The lowest BCUT2D eigenvalue weighted by Crippen LogP contribution is -2.39. The molecule has 0 saturated carbocycles. The molecule has 2 unspecified atom stereocenters. The van der Waals surface area contributed by atoms with Crippen molar-refractivity contribution in [1.29, 1.82) is 0 Å². The average molecular weight is 325 g/mol. The molecule has 2 rings (SSSR count). The van der Waals surface area contributed by atoms with E-state index in [2.05, 4.69) is 64.3 Å². The summed E-state index contributed by atoms with van der Waals surface area (Å²) in [7, 11) is 0. The summed E-state index contributed by atoms with van der Waals surface area (Å²) in [6.07, 6.45) is 3.87. The molecule has 1 heterocycles. The monoisotopic (exact) mass is 324 g/mol. The summed E-state index contributed by atoms with van der Waals surface area (Å²) in [4.78, 5) is 2.62. The van der Waals surface area contributed by atoms with Crippen molar-refractivity contribution in [3.8, 4) is 0 Å². The molecule has 0 radical (unpaired) electrons. The van der Waals surface area contributed by atoms with Crippen LogP contribution in [0.5, 0.6) is 0 Å². The van der Waals surface area contributed by atoms with Gasteiger partial charge >= 0.3 is 0 Å². The van der Waals surface area contributed by atoms with E-state index >= 15 is 0 Å². The molecule has 1 fully saturated rings. The van der Waals surface area contributed by atoms with E-state index in [0.717, 1.165) is 4.47 Å². The molecule has 0 spiro atoms. The summed E-state index contributed by atoms with van der Waals surface area (Å²) < 4.78 is 1.16. The van der Waals surface area contributed by atoms with Crippen LogP contribution in [0.15, 0.2) is 28.7 Å². The number of rotatable bonds is 6. The molecule has 0 amide bonds. The van der Waals surface area contributed by atoms with Crippen LogP contribution in [-0.4, -0.2) is 30.6 Å². The SMILES string of the molecule is CCCN(CC1CCCN1)C(C)c1ccc(Br)cc1. The number of hydrogen-bond acceptors (Lipinski definition) is 2. The minimum atomic E-state index is 0.496. The first kappa shape index (κ1) is 15.0. The minimum Gasteiger partial charge on any atom is -0.313 e. The van der Waals surface area contributed by atoms with E-state index in [1.54, 1.807) is 0 Å². The highest BCUT2D eigenvalue weighted by Crippen LogP contribution is 2.23. The van der Waals surface area contributed by atoms with Gasteiger partial charge in [0.2, 0.25) is 0 Å². The summed E-state index contributed by atoms with van der Waals surface area (Å²) in [6, 6.07) is 9.94. The Morgan fingerprint density at radius 3 is 2.68 bits per heavy atom. The number of halogens is 1. The van der Waals surface area contributed by atoms with E-state index in [1.165, 1.54) is 44.5 Å². The van der Waals surface area contributed by atoms with E-state index in [0.29, 0.717) is 12.1 Å². The topological polar surface area (TPSA) is 15.3 Å². The maximum atomic E-state index is 3.61. The smallest absolute Gasteiger partial charge is 0.0320 e. The Hall–Kier alpha value is -0.380. The van der Waals surface area contributed by atoms with Gasteiger partial charge in [0.05, 0.1) is 0 Å². The Bertz CT molecular complexity index is 371. The molecule has 0 aromatic heterocycles. The molecule has 0 aliphatic carbocycles. The normalized spacial score (nSPS) is 20.9. The zero-order chi connectivity index (χ0) is 13.7. The lowest BCUT2D eigenvalue weighted by molar-refractivity contribution is 0.192. The molecule has 1 aromatic carbocycles. The second kappa shape index (κ2) is 7.41. The zero-order valence-corrected chi connectivity index (χ0v) is 13.6. The van der Waals surface area contributed by atoms with Gasteiger partial charge in [0.25, 0.3) is 0 Å². The standard InChI is InChI=1S/C16H25BrN2/c1-3-11-19(12-16-5-4-10-18-16)13(2)14-6-8-15(17)9-7-14/h6-9,13,16,18H,3-5,10-12H2,1-2H3. The molecular formula is C16H25BrN2. The first-order chi connectivity index (χ1) is 9.20. The Balaban J connectivity index is 2.01. The van der Waals surface area contributed by atoms with Gasteiger partial charge in [-0.15, -0.1) is 0 Å². The van der Waals surface area contributed by atoms with Gasteiger partial charge in [-0.1, -0.05) is 35.0 Å². The third-order valence-electron chi connectivity index (χ3n) is 4.03. The highest BCUT2D eigenvalue weighted by atomic mass is 79.9. The molecule has 19 heavy (non-hydrogen) atoms. The highest BCUT2D eigenvalue weighted by molar-refractivity contribution is 9.10. The van der Waals surface area contributed by atoms with Crippen LogP contribution in [0.4, 0.5) is 0 Å². The van der Waals surface area contributed by atoms with Crippen LogP contribution in [-0.2, 0) is 0 Å². The molecule has 2 atom stereocenters. The van der Waals surface area contributed by atoms with Crippen LogP contribution in [0.25, 0.3) is 0 Å². The molecule has 1 aliphatic heterocycles. The van der Waals surface area contributed by atoms with Crippen molar-refractivity contribution in [2.24, 2.45) is 0 Å². The second-order valence-corrected chi connectivity index (χ2v) is 6.43. The van der Waals surface area contributed by atoms with Gasteiger partial charge in [-0.25, -0.2) is 0 Å². The Kier molecular flexibility index (Phi) is 5.86. The number of nitrogens with zero attached hydrogens (tertiary/aromatic N) is 1. The number of hydrogen-bond donors (Lipinski definition) is 1. The molecule has 1 N–H and O–H groups in total. The van der Waals surface area contributed by atoms with Gasteiger partial charge in [0, 0.05) is 23.1 Å². The zero-order valence-electron chi connectivity index (χ0n) is 12.0. The summed E-state index contributed by atoms with van der Waals surface area (Å²) in [5.41, 5.74) is 1.41. The third-order valence-corrected chi connectivity index (χ3v) is 4.56. The lowest BCUT2D eigenvalue weighted by Gasteiger charge is -2.31. The maximum absolute atomic E-state index is 3.61. The van der Waals surface area contributed by atoms with Crippen LogP contribution in [0, 0.1) is 0 Å². The van der Waals surface area contributed by atoms with Gasteiger partial charge in [-0.05, 0) is 57.0 Å². The third kappa shape index (κ3) is 4.30. The van der Waals surface area contributed by atoms with Crippen molar-refractivity contribution < 1.29 is 0 Å². The summed E-state index contributed by atoms with van der Waals surface area (Å²) in [5.74, 6) is 0. The van der Waals surface area contributed by atoms with Gasteiger partial charge < -0.3 is 5.32 Å². The van der Waals surface area contributed by atoms with Gasteiger partial charge in [0.15, 0.2) is 0 Å². The van der Waals surface area contributed by atoms with Crippen LogP contribution in [0.2, 0.25) is 0 Å². The molecule has 1 saturated heterocycles. The summed E-state index contributed by atoms with van der Waals surface area (Å²) in [5, 5.41) is 3.61. The van der Waals surface area contributed by atoms with E-state index in [-0.39, 0.29) is 0 Å². The van der Waals surface area contributed by atoms with Crippen molar-refractivity contribution in [1.82, 2.24) is 10.2 Å². The molecule has 1 aliphatic rings. The summed E-state index contributed by atoms with van der Waals surface area (Å²) >= 11 is 3.51. The Morgan fingerprint density at radius 2 is 2.11 bits per heavy atom. The van der Waals surface area contributed by atoms with E-state index < -0.39 is 0 Å². The van der Waals surface area contributed by atoms with Gasteiger partial charge in [-0.2, -0.15) is 0 Å². The second-order valence-electron chi connectivity index (χ2n) is 5.52. The Labute approximate surface area is 125 Å². The van der Waals surface area contributed by atoms with E-state index in [9.17, 15) is 0 Å². The van der Waals surface area contributed by atoms with Crippen LogP contribution in [0.3, 0.4) is 0 Å². The first-order valence-corrected chi connectivity index (χ1v) is 8.23. The largest absolute Gasteiger partial charge is 0.313 e. The van der Waals surface area contributed by atoms with Crippen LogP contribution >= 0.6 is 15.9 Å². The molecular weight excluding hydrogens is 300 g/mol. The Morgan fingerprint density at radius 1 is 1.37 bits per heavy atom. The van der Waals surface area contributed by atoms with E-state index in [1.807, 2.05) is 0 Å². The fraction of sp³-hybridized carbons (Fsp3) is 0.625. The lowest BCUT2D eigenvalue weighted by atomic mass is 10.1.